The van der Waals surface area contributed by atoms with Gasteiger partial charge in [-0.15, -0.1) is 0 Å². The van der Waals surface area contributed by atoms with E-state index >= 15 is 0 Å². The van der Waals surface area contributed by atoms with Crippen LogP contribution in [-0.2, 0) is 12.8 Å². The first-order valence-electron chi connectivity index (χ1n) is 7.15. The van der Waals surface area contributed by atoms with Crippen molar-refractivity contribution in [3.63, 3.8) is 0 Å². The lowest BCUT2D eigenvalue weighted by Gasteiger charge is -2.18. The zero-order valence-corrected chi connectivity index (χ0v) is 12.1. The van der Waals surface area contributed by atoms with E-state index in [9.17, 15) is 4.39 Å². The molecule has 2 rings (SSSR count). The number of nitrogens with zero attached hydrogens (tertiary/aromatic N) is 1. The first kappa shape index (κ1) is 14.7. The van der Waals surface area contributed by atoms with Crippen LogP contribution in [-0.4, -0.2) is 11.5 Å². The number of nitrogens with one attached hydrogen (secondary N) is 1. The van der Waals surface area contributed by atoms with Gasteiger partial charge >= 0.3 is 0 Å². The first-order chi connectivity index (χ1) is 9.72. The van der Waals surface area contributed by atoms with E-state index in [-0.39, 0.29) is 11.9 Å². The molecular weight excluding hydrogens is 251 g/mol. The Morgan fingerprint density at radius 3 is 2.40 bits per heavy atom. The van der Waals surface area contributed by atoms with Gasteiger partial charge in [-0.1, -0.05) is 32.0 Å². The zero-order chi connectivity index (χ0) is 14.4. The molecule has 3 heteroatoms. The summed E-state index contributed by atoms with van der Waals surface area (Å²) in [4.78, 5) is 4.50. The van der Waals surface area contributed by atoms with Gasteiger partial charge in [0, 0.05) is 24.4 Å². The molecule has 1 aromatic heterocycles. The summed E-state index contributed by atoms with van der Waals surface area (Å²) in [5.74, 6) is -0.200. The van der Waals surface area contributed by atoms with E-state index in [1.807, 2.05) is 18.3 Å². The number of likely N-dealkylation sites (N-methyl/N-ethyl adjacent to an activating group) is 1. The van der Waals surface area contributed by atoms with Crippen LogP contribution in [0.25, 0.3) is 0 Å². The highest BCUT2D eigenvalue weighted by atomic mass is 19.1. The van der Waals surface area contributed by atoms with Crippen LogP contribution in [0.1, 0.15) is 36.7 Å². The number of rotatable bonds is 6. The van der Waals surface area contributed by atoms with Gasteiger partial charge in [-0.05, 0) is 42.3 Å². The van der Waals surface area contributed by atoms with E-state index in [2.05, 4.69) is 36.3 Å². The fourth-order valence-corrected chi connectivity index (χ4v) is 2.24. The third-order valence-electron chi connectivity index (χ3n) is 3.43. The number of hydrogen-bond acceptors (Lipinski definition) is 2. The average Bonchev–Trinajstić information content (AvgIpc) is 2.48. The molecule has 0 aliphatic rings. The zero-order valence-electron chi connectivity index (χ0n) is 12.1. The minimum absolute atomic E-state index is 0.167. The van der Waals surface area contributed by atoms with Crippen LogP contribution in [0.3, 0.4) is 0 Å². The van der Waals surface area contributed by atoms with Crippen molar-refractivity contribution >= 4 is 0 Å². The topological polar surface area (TPSA) is 24.9 Å². The molecule has 2 nitrogen and oxygen atoms in total. The molecule has 2 aromatic rings. The minimum Gasteiger partial charge on any atom is -0.310 e. The Labute approximate surface area is 120 Å². The summed E-state index contributed by atoms with van der Waals surface area (Å²) in [7, 11) is 0. The molecule has 0 saturated carbocycles. The second kappa shape index (κ2) is 7.15. The van der Waals surface area contributed by atoms with E-state index < -0.39 is 0 Å². The highest BCUT2D eigenvalue weighted by Crippen LogP contribution is 2.18. The molecule has 1 unspecified atom stereocenters. The van der Waals surface area contributed by atoms with Gasteiger partial charge in [0.2, 0.25) is 0 Å². The largest absolute Gasteiger partial charge is 0.310 e. The van der Waals surface area contributed by atoms with Crippen LogP contribution in [0.4, 0.5) is 4.39 Å². The van der Waals surface area contributed by atoms with Crippen molar-refractivity contribution in [3.05, 3.63) is 65.2 Å². The number of aromatic nitrogens is 1. The molecule has 1 aromatic carbocycles. The Balaban J connectivity index is 2.13. The van der Waals surface area contributed by atoms with Gasteiger partial charge in [0.25, 0.3) is 0 Å². The number of halogens is 1. The van der Waals surface area contributed by atoms with Gasteiger partial charge in [-0.3, -0.25) is 4.98 Å². The van der Waals surface area contributed by atoms with Crippen LogP contribution >= 0.6 is 0 Å². The molecule has 106 valence electrons. The molecular formula is C17H21FN2. The maximum atomic E-state index is 13.0. The second-order valence-corrected chi connectivity index (χ2v) is 4.88. The van der Waals surface area contributed by atoms with E-state index in [0.29, 0.717) is 0 Å². The normalized spacial score (nSPS) is 12.3. The summed E-state index contributed by atoms with van der Waals surface area (Å²) < 4.78 is 13.0. The van der Waals surface area contributed by atoms with Gasteiger partial charge < -0.3 is 5.32 Å². The molecule has 1 atom stereocenters. The highest BCUT2D eigenvalue weighted by molar-refractivity contribution is 5.23. The molecule has 1 N–H and O–H groups in total. The van der Waals surface area contributed by atoms with Gasteiger partial charge in [0.05, 0.1) is 0 Å². The Morgan fingerprint density at radius 1 is 1.10 bits per heavy atom. The lowest BCUT2D eigenvalue weighted by atomic mass is 10.0. The number of aryl methyl sites for hydroxylation is 1. The maximum absolute atomic E-state index is 13.0. The Morgan fingerprint density at radius 2 is 1.85 bits per heavy atom. The molecule has 20 heavy (non-hydrogen) atoms. The lowest BCUT2D eigenvalue weighted by molar-refractivity contribution is 0.541. The molecule has 1 heterocycles. The summed E-state index contributed by atoms with van der Waals surface area (Å²) in [5, 5.41) is 3.43. The molecule has 0 radical (unpaired) electrons. The van der Waals surface area contributed by atoms with Crippen LogP contribution in [0, 0.1) is 5.82 Å². The van der Waals surface area contributed by atoms with Crippen molar-refractivity contribution in [1.82, 2.24) is 10.3 Å². The van der Waals surface area contributed by atoms with Crippen LogP contribution in [0.2, 0.25) is 0 Å². The van der Waals surface area contributed by atoms with Gasteiger partial charge in [0.15, 0.2) is 0 Å². The maximum Gasteiger partial charge on any atom is 0.123 e. The van der Waals surface area contributed by atoms with Crippen molar-refractivity contribution in [2.75, 3.05) is 6.54 Å². The quantitative estimate of drug-likeness (QED) is 0.867. The molecule has 0 saturated heterocycles. The SMILES string of the molecule is CCNC(Cc1ccc(CC)cn1)c1ccc(F)cc1. The summed E-state index contributed by atoms with van der Waals surface area (Å²) in [6.07, 6.45) is 3.74. The van der Waals surface area contributed by atoms with Gasteiger partial charge in [0.1, 0.15) is 5.82 Å². The monoisotopic (exact) mass is 272 g/mol. The summed E-state index contributed by atoms with van der Waals surface area (Å²) in [5.41, 5.74) is 3.39. The van der Waals surface area contributed by atoms with E-state index in [1.165, 1.54) is 17.7 Å². The van der Waals surface area contributed by atoms with Crippen LogP contribution < -0.4 is 5.32 Å². The van der Waals surface area contributed by atoms with E-state index in [1.54, 1.807) is 0 Å². The Kier molecular flexibility index (Phi) is 5.24. The molecule has 0 fully saturated rings. The first-order valence-corrected chi connectivity index (χ1v) is 7.15. The van der Waals surface area contributed by atoms with Crippen molar-refractivity contribution in [1.29, 1.82) is 0 Å². The van der Waals surface area contributed by atoms with Crippen molar-refractivity contribution in [3.8, 4) is 0 Å². The Hall–Kier alpha value is -1.74. The van der Waals surface area contributed by atoms with Gasteiger partial charge in [-0.25, -0.2) is 4.39 Å². The summed E-state index contributed by atoms with van der Waals surface area (Å²) >= 11 is 0. The molecule has 0 spiro atoms. The van der Waals surface area contributed by atoms with Crippen molar-refractivity contribution < 1.29 is 4.39 Å². The fourth-order valence-electron chi connectivity index (χ4n) is 2.24. The predicted molar refractivity (Wildman–Crippen MR) is 80.1 cm³/mol. The smallest absolute Gasteiger partial charge is 0.123 e. The molecule has 0 amide bonds. The third-order valence-corrected chi connectivity index (χ3v) is 3.43. The number of hydrogen-bond donors (Lipinski definition) is 1. The van der Waals surface area contributed by atoms with E-state index in [4.69, 9.17) is 0 Å². The van der Waals surface area contributed by atoms with Crippen molar-refractivity contribution in [2.24, 2.45) is 0 Å². The molecule has 0 aliphatic heterocycles. The standard InChI is InChI=1S/C17H21FN2/c1-3-13-5-10-16(20-12-13)11-17(19-4-2)14-6-8-15(18)9-7-14/h5-10,12,17,19H,3-4,11H2,1-2H3. The number of pyridine rings is 1. The highest BCUT2D eigenvalue weighted by Gasteiger charge is 2.12. The lowest BCUT2D eigenvalue weighted by Crippen LogP contribution is -2.23. The Bertz CT molecular complexity index is 520. The predicted octanol–water partition coefficient (Wildman–Crippen LogP) is 3.68. The molecule has 0 bridgehead atoms. The van der Waals surface area contributed by atoms with Crippen LogP contribution in [0.5, 0.6) is 0 Å². The summed E-state index contributed by atoms with van der Waals surface area (Å²) in [6, 6.07) is 11.1. The molecule has 0 aliphatic carbocycles. The van der Waals surface area contributed by atoms with Crippen LogP contribution in [0.15, 0.2) is 42.6 Å². The third kappa shape index (κ3) is 3.87. The van der Waals surface area contributed by atoms with Gasteiger partial charge in [-0.2, -0.15) is 0 Å². The minimum atomic E-state index is -0.200. The van der Waals surface area contributed by atoms with Crippen molar-refractivity contribution in [2.45, 2.75) is 32.7 Å². The summed E-state index contributed by atoms with van der Waals surface area (Å²) in [6.45, 7) is 5.07. The fraction of sp³-hybridized carbons (Fsp3) is 0.353. The number of benzene rings is 1. The second-order valence-electron chi connectivity index (χ2n) is 4.88. The average molecular weight is 272 g/mol. The van der Waals surface area contributed by atoms with E-state index in [0.717, 1.165) is 30.6 Å².